The van der Waals surface area contributed by atoms with Crippen molar-refractivity contribution in [3.05, 3.63) is 0 Å². The molecule has 0 aromatic carbocycles. The number of likely N-dealkylation sites (tertiary alicyclic amines) is 1. The smallest absolute Gasteiger partial charge is 0.225 e. The highest BCUT2D eigenvalue weighted by Crippen LogP contribution is 2.19. The first-order valence-corrected chi connectivity index (χ1v) is 5.98. The van der Waals surface area contributed by atoms with Gasteiger partial charge in [-0.2, -0.15) is 0 Å². The molecule has 0 aromatic rings. The molecule has 1 rings (SSSR count). The van der Waals surface area contributed by atoms with Crippen molar-refractivity contribution in [2.75, 3.05) is 13.1 Å². The summed E-state index contributed by atoms with van der Waals surface area (Å²) in [5.74, 6) is 0.414. The SMILES string of the molecule is CC(C)CN1C[C@@H](C(=O)NC(C)C)CC1=O. The molecule has 4 heteroatoms. The topological polar surface area (TPSA) is 49.4 Å². The van der Waals surface area contributed by atoms with Gasteiger partial charge in [-0.3, -0.25) is 9.59 Å². The number of hydrogen-bond acceptors (Lipinski definition) is 2. The maximum absolute atomic E-state index is 11.7. The van der Waals surface area contributed by atoms with Crippen molar-refractivity contribution >= 4 is 11.8 Å². The minimum absolute atomic E-state index is 0.00889. The lowest BCUT2D eigenvalue weighted by Gasteiger charge is -2.19. The van der Waals surface area contributed by atoms with Crippen molar-refractivity contribution in [2.24, 2.45) is 11.8 Å². The van der Waals surface area contributed by atoms with Crippen LogP contribution in [0.15, 0.2) is 0 Å². The number of carbonyl (C=O) groups excluding carboxylic acids is 2. The van der Waals surface area contributed by atoms with Crippen molar-refractivity contribution in [2.45, 2.75) is 40.2 Å². The van der Waals surface area contributed by atoms with Gasteiger partial charge in [-0.25, -0.2) is 0 Å². The molecule has 1 aliphatic heterocycles. The predicted octanol–water partition coefficient (Wildman–Crippen LogP) is 1.02. The van der Waals surface area contributed by atoms with Crippen molar-refractivity contribution < 1.29 is 9.59 Å². The molecule has 92 valence electrons. The van der Waals surface area contributed by atoms with E-state index in [0.29, 0.717) is 18.9 Å². The van der Waals surface area contributed by atoms with Crippen LogP contribution in [-0.4, -0.2) is 35.8 Å². The molecular formula is C12H22N2O2. The van der Waals surface area contributed by atoms with Gasteiger partial charge in [0.15, 0.2) is 0 Å². The Balaban J connectivity index is 2.49. The van der Waals surface area contributed by atoms with E-state index in [2.05, 4.69) is 19.2 Å². The minimum Gasteiger partial charge on any atom is -0.354 e. The van der Waals surface area contributed by atoms with E-state index in [9.17, 15) is 9.59 Å². The second kappa shape index (κ2) is 5.32. The van der Waals surface area contributed by atoms with E-state index in [1.54, 1.807) is 4.90 Å². The van der Waals surface area contributed by atoms with Crippen molar-refractivity contribution in [1.82, 2.24) is 10.2 Å². The van der Waals surface area contributed by atoms with E-state index < -0.39 is 0 Å². The minimum atomic E-state index is -0.159. The Bertz CT molecular complexity index is 274. The van der Waals surface area contributed by atoms with Gasteiger partial charge in [0.05, 0.1) is 5.92 Å². The number of hydrogen-bond donors (Lipinski definition) is 1. The molecule has 0 spiro atoms. The molecule has 0 aliphatic carbocycles. The van der Waals surface area contributed by atoms with Gasteiger partial charge < -0.3 is 10.2 Å². The molecular weight excluding hydrogens is 204 g/mol. The van der Waals surface area contributed by atoms with Crippen molar-refractivity contribution in [3.8, 4) is 0 Å². The molecule has 0 saturated carbocycles. The summed E-state index contributed by atoms with van der Waals surface area (Å²) < 4.78 is 0. The Labute approximate surface area is 97.4 Å². The van der Waals surface area contributed by atoms with Crippen molar-refractivity contribution in [1.29, 1.82) is 0 Å². The second-order valence-corrected chi connectivity index (χ2v) is 5.26. The van der Waals surface area contributed by atoms with E-state index in [0.717, 1.165) is 6.54 Å². The Morgan fingerprint density at radius 2 is 2.06 bits per heavy atom. The molecule has 1 N–H and O–H groups in total. The molecule has 1 aliphatic rings. The molecule has 0 unspecified atom stereocenters. The van der Waals surface area contributed by atoms with Gasteiger partial charge in [0, 0.05) is 25.6 Å². The Morgan fingerprint density at radius 1 is 1.44 bits per heavy atom. The molecule has 2 amide bonds. The van der Waals surface area contributed by atoms with E-state index in [1.807, 2.05) is 13.8 Å². The lowest BCUT2D eigenvalue weighted by Crippen LogP contribution is -2.37. The van der Waals surface area contributed by atoms with Crippen LogP contribution in [-0.2, 0) is 9.59 Å². The van der Waals surface area contributed by atoms with E-state index in [1.165, 1.54) is 0 Å². The van der Waals surface area contributed by atoms with Crippen LogP contribution in [0.2, 0.25) is 0 Å². The third-order valence-corrected chi connectivity index (χ3v) is 2.60. The summed E-state index contributed by atoms with van der Waals surface area (Å²) in [5.41, 5.74) is 0. The number of amides is 2. The molecule has 1 saturated heterocycles. The monoisotopic (exact) mass is 226 g/mol. The zero-order valence-electron chi connectivity index (χ0n) is 10.6. The van der Waals surface area contributed by atoms with Gasteiger partial charge in [0.1, 0.15) is 0 Å². The Morgan fingerprint density at radius 3 is 2.56 bits per heavy atom. The molecule has 0 aromatic heterocycles. The fourth-order valence-electron chi connectivity index (χ4n) is 1.97. The zero-order chi connectivity index (χ0) is 12.3. The normalized spacial score (nSPS) is 21.0. The number of carbonyl (C=O) groups is 2. The molecule has 16 heavy (non-hydrogen) atoms. The summed E-state index contributed by atoms with van der Waals surface area (Å²) in [6, 6.07) is 0.141. The molecule has 1 fully saturated rings. The van der Waals surface area contributed by atoms with E-state index in [4.69, 9.17) is 0 Å². The molecule has 4 nitrogen and oxygen atoms in total. The summed E-state index contributed by atoms with van der Waals surface area (Å²) in [7, 11) is 0. The average Bonchev–Trinajstić information content (AvgIpc) is 2.45. The Kier molecular flexibility index (Phi) is 4.33. The lowest BCUT2D eigenvalue weighted by atomic mass is 10.1. The highest BCUT2D eigenvalue weighted by atomic mass is 16.2. The number of rotatable bonds is 4. The fraction of sp³-hybridized carbons (Fsp3) is 0.833. The van der Waals surface area contributed by atoms with Gasteiger partial charge in [0.2, 0.25) is 11.8 Å². The summed E-state index contributed by atoms with van der Waals surface area (Å²) in [6.45, 7) is 9.35. The third kappa shape index (κ3) is 3.51. The summed E-state index contributed by atoms with van der Waals surface area (Å²) in [4.78, 5) is 25.2. The maximum atomic E-state index is 11.7. The average molecular weight is 226 g/mol. The van der Waals surface area contributed by atoms with E-state index in [-0.39, 0.29) is 23.8 Å². The van der Waals surface area contributed by atoms with Gasteiger partial charge >= 0.3 is 0 Å². The fourth-order valence-corrected chi connectivity index (χ4v) is 1.97. The Hall–Kier alpha value is -1.06. The quantitative estimate of drug-likeness (QED) is 0.778. The number of nitrogens with one attached hydrogen (secondary N) is 1. The summed E-state index contributed by atoms with van der Waals surface area (Å²) in [6.07, 6.45) is 0.366. The number of nitrogens with zero attached hydrogens (tertiary/aromatic N) is 1. The third-order valence-electron chi connectivity index (χ3n) is 2.60. The summed E-state index contributed by atoms with van der Waals surface area (Å²) >= 11 is 0. The van der Waals surface area contributed by atoms with Gasteiger partial charge in [-0.15, -0.1) is 0 Å². The second-order valence-electron chi connectivity index (χ2n) is 5.26. The highest BCUT2D eigenvalue weighted by molar-refractivity contribution is 5.89. The van der Waals surface area contributed by atoms with Crippen LogP contribution in [0, 0.1) is 11.8 Å². The first kappa shape index (κ1) is 13.0. The zero-order valence-corrected chi connectivity index (χ0v) is 10.6. The molecule has 1 heterocycles. The molecule has 0 radical (unpaired) electrons. The maximum Gasteiger partial charge on any atom is 0.225 e. The van der Waals surface area contributed by atoms with Gasteiger partial charge in [0.25, 0.3) is 0 Å². The summed E-state index contributed by atoms with van der Waals surface area (Å²) in [5, 5.41) is 2.86. The predicted molar refractivity (Wildman–Crippen MR) is 62.8 cm³/mol. The van der Waals surface area contributed by atoms with Crippen LogP contribution in [0.4, 0.5) is 0 Å². The molecule has 1 atom stereocenters. The van der Waals surface area contributed by atoms with Crippen molar-refractivity contribution in [3.63, 3.8) is 0 Å². The first-order valence-electron chi connectivity index (χ1n) is 5.98. The lowest BCUT2D eigenvalue weighted by molar-refractivity contribution is -0.129. The standard InChI is InChI=1S/C12H22N2O2/c1-8(2)6-14-7-10(5-11(14)15)12(16)13-9(3)4/h8-10H,5-7H2,1-4H3,(H,13,16)/t10-/m0/s1. The van der Waals surface area contributed by atoms with Crippen LogP contribution in [0.25, 0.3) is 0 Å². The van der Waals surface area contributed by atoms with Gasteiger partial charge in [-0.1, -0.05) is 13.8 Å². The highest BCUT2D eigenvalue weighted by Gasteiger charge is 2.34. The van der Waals surface area contributed by atoms with Crippen LogP contribution in [0.5, 0.6) is 0 Å². The first-order chi connectivity index (χ1) is 7.40. The largest absolute Gasteiger partial charge is 0.354 e. The van der Waals surface area contributed by atoms with Crippen LogP contribution in [0.1, 0.15) is 34.1 Å². The van der Waals surface area contributed by atoms with Gasteiger partial charge in [-0.05, 0) is 19.8 Å². The van der Waals surface area contributed by atoms with Crippen LogP contribution >= 0.6 is 0 Å². The van der Waals surface area contributed by atoms with Crippen LogP contribution in [0.3, 0.4) is 0 Å². The van der Waals surface area contributed by atoms with E-state index >= 15 is 0 Å². The molecule has 0 bridgehead atoms. The van der Waals surface area contributed by atoms with Crippen LogP contribution < -0.4 is 5.32 Å².